The van der Waals surface area contributed by atoms with Gasteiger partial charge in [0.05, 0.1) is 34.4 Å². The number of ether oxygens (including phenoxy) is 4. The lowest BCUT2D eigenvalue weighted by Gasteiger charge is -2.25. The zero-order valence-electron chi connectivity index (χ0n) is 36.9. The average Bonchev–Trinajstić information content (AvgIpc) is 3.14. The molecule has 0 fully saturated rings. The number of esters is 2. The SMILES string of the molecule is CCCCCCCCCCCCCCCCCCCCC(=O)OC(COC(=O)CCCCCCCCCCCCCC)COC(OCC[N+](C)(C)C)C(=O)O. The van der Waals surface area contributed by atoms with Gasteiger partial charge in [-0.2, -0.15) is 0 Å². The van der Waals surface area contributed by atoms with Gasteiger partial charge in [-0.25, -0.2) is 4.79 Å². The minimum absolute atomic E-state index is 0.173. The summed E-state index contributed by atoms with van der Waals surface area (Å²) in [6, 6.07) is 0. The van der Waals surface area contributed by atoms with E-state index in [1.807, 2.05) is 21.1 Å². The number of carbonyl (C=O) groups is 3. The summed E-state index contributed by atoms with van der Waals surface area (Å²) in [7, 11) is 5.96. The van der Waals surface area contributed by atoms with Crippen LogP contribution >= 0.6 is 0 Å². The first-order chi connectivity index (χ1) is 26.6. The Kier molecular flexibility index (Phi) is 37.9. The molecule has 0 bridgehead atoms. The molecule has 0 aliphatic rings. The highest BCUT2D eigenvalue weighted by Gasteiger charge is 2.25. The van der Waals surface area contributed by atoms with E-state index < -0.39 is 18.4 Å². The van der Waals surface area contributed by atoms with Gasteiger partial charge in [-0.3, -0.25) is 9.59 Å². The van der Waals surface area contributed by atoms with Crippen LogP contribution in [0.4, 0.5) is 0 Å². The number of likely N-dealkylation sites (N-methyl/N-ethyl adjacent to an activating group) is 1. The Hall–Kier alpha value is -1.71. The third-order valence-electron chi connectivity index (χ3n) is 10.4. The molecule has 0 aliphatic carbocycles. The summed E-state index contributed by atoms with van der Waals surface area (Å²) in [5.41, 5.74) is 0. The first kappa shape index (κ1) is 53.3. The van der Waals surface area contributed by atoms with Gasteiger partial charge in [-0.1, -0.05) is 194 Å². The summed E-state index contributed by atoms with van der Waals surface area (Å²) in [4.78, 5) is 37.1. The highest BCUT2D eigenvalue weighted by atomic mass is 16.7. The molecule has 326 valence electrons. The Morgan fingerprint density at radius 2 is 0.818 bits per heavy atom. The number of rotatable bonds is 43. The van der Waals surface area contributed by atoms with Crippen LogP contribution < -0.4 is 0 Å². The van der Waals surface area contributed by atoms with Crippen molar-refractivity contribution in [1.29, 1.82) is 0 Å². The van der Waals surface area contributed by atoms with Crippen molar-refractivity contribution in [3.8, 4) is 0 Å². The maximum Gasteiger partial charge on any atom is 0.361 e. The second-order valence-corrected chi connectivity index (χ2v) is 17.1. The Morgan fingerprint density at radius 1 is 0.473 bits per heavy atom. The van der Waals surface area contributed by atoms with Gasteiger partial charge in [0, 0.05) is 12.8 Å². The van der Waals surface area contributed by atoms with Crippen LogP contribution in [0, 0.1) is 0 Å². The standard InChI is InChI=1S/C46H89NO8/c1-6-8-10-12-14-16-18-20-21-22-23-24-25-27-29-31-33-35-37-44(49)55-42(41-54-46(45(50)51)52-39-38-47(3,4)5)40-53-43(48)36-34-32-30-28-26-19-17-15-13-11-9-7-2/h42,46H,6-41H2,1-5H3/p+1. The smallest absolute Gasteiger partial charge is 0.361 e. The number of carboxylic acid groups (broad SMARTS) is 1. The first-order valence-electron chi connectivity index (χ1n) is 23.2. The van der Waals surface area contributed by atoms with Crippen LogP contribution in [0.25, 0.3) is 0 Å². The van der Waals surface area contributed by atoms with Crippen LogP contribution in [-0.4, -0.2) is 87.4 Å². The zero-order valence-corrected chi connectivity index (χ0v) is 36.9. The second-order valence-electron chi connectivity index (χ2n) is 17.1. The molecular weight excluding hydrogens is 695 g/mol. The number of nitrogens with zero attached hydrogens (tertiary/aromatic N) is 1. The van der Waals surface area contributed by atoms with Gasteiger partial charge in [-0.15, -0.1) is 0 Å². The van der Waals surface area contributed by atoms with Crippen LogP contribution in [0.15, 0.2) is 0 Å². The van der Waals surface area contributed by atoms with Crippen LogP contribution in [-0.2, 0) is 33.3 Å². The van der Waals surface area contributed by atoms with Crippen molar-refractivity contribution in [3.63, 3.8) is 0 Å². The maximum atomic E-state index is 12.8. The predicted octanol–water partition coefficient (Wildman–Crippen LogP) is 12.1. The van der Waals surface area contributed by atoms with Gasteiger partial charge in [0.1, 0.15) is 13.2 Å². The fraction of sp³-hybridized carbons (Fsp3) is 0.935. The summed E-state index contributed by atoms with van der Waals surface area (Å²) in [5.74, 6) is -1.99. The topological polar surface area (TPSA) is 108 Å². The van der Waals surface area contributed by atoms with E-state index in [1.54, 1.807) is 0 Å². The summed E-state index contributed by atoms with van der Waals surface area (Å²) in [6.45, 7) is 4.90. The Balaban J connectivity index is 4.35. The number of carboxylic acids is 1. The number of unbranched alkanes of at least 4 members (excludes halogenated alkanes) is 28. The Labute approximate surface area is 339 Å². The third-order valence-corrected chi connectivity index (χ3v) is 10.4. The molecule has 2 atom stereocenters. The minimum Gasteiger partial charge on any atom is -0.477 e. The van der Waals surface area contributed by atoms with Crippen molar-refractivity contribution < 1.29 is 42.9 Å². The van der Waals surface area contributed by atoms with E-state index in [0.717, 1.165) is 38.5 Å². The quantitative estimate of drug-likeness (QED) is 0.0282. The predicted molar refractivity (Wildman–Crippen MR) is 226 cm³/mol. The summed E-state index contributed by atoms with van der Waals surface area (Å²) in [5, 5.41) is 9.63. The molecule has 0 aromatic rings. The molecule has 0 aromatic carbocycles. The molecule has 0 amide bonds. The highest BCUT2D eigenvalue weighted by Crippen LogP contribution is 2.16. The lowest BCUT2D eigenvalue weighted by atomic mass is 10.0. The lowest BCUT2D eigenvalue weighted by molar-refractivity contribution is -0.870. The normalized spacial score (nSPS) is 12.8. The summed E-state index contributed by atoms with van der Waals surface area (Å²) >= 11 is 0. The Bertz CT molecular complexity index is 876. The number of quaternary nitrogens is 1. The van der Waals surface area contributed by atoms with Crippen LogP contribution in [0.1, 0.15) is 219 Å². The molecule has 0 rings (SSSR count). The van der Waals surface area contributed by atoms with Gasteiger partial charge >= 0.3 is 17.9 Å². The molecular formula is C46H90NO8+. The second kappa shape index (κ2) is 39.1. The minimum atomic E-state index is -1.50. The number of carbonyl (C=O) groups excluding carboxylic acids is 2. The van der Waals surface area contributed by atoms with Crippen LogP contribution in [0.3, 0.4) is 0 Å². The van der Waals surface area contributed by atoms with Gasteiger partial charge < -0.3 is 28.5 Å². The zero-order chi connectivity index (χ0) is 40.7. The fourth-order valence-corrected chi connectivity index (χ4v) is 6.72. The largest absolute Gasteiger partial charge is 0.477 e. The Morgan fingerprint density at radius 3 is 1.16 bits per heavy atom. The van der Waals surface area contributed by atoms with Crippen molar-refractivity contribution in [1.82, 2.24) is 0 Å². The molecule has 0 spiro atoms. The molecule has 9 heteroatoms. The molecule has 55 heavy (non-hydrogen) atoms. The van der Waals surface area contributed by atoms with E-state index in [2.05, 4.69) is 13.8 Å². The monoisotopic (exact) mass is 785 g/mol. The summed E-state index contributed by atoms with van der Waals surface area (Å²) in [6.07, 6.45) is 35.8. The highest BCUT2D eigenvalue weighted by molar-refractivity contribution is 5.71. The van der Waals surface area contributed by atoms with Crippen molar-refractivity contribution in [2.24, 2.45) is 0 Å². The fourth-order valence-electron chi connectivity index (χ4n) is 6.72. The van der Waals surface area contributed by atoms with Gasteiger partial charge in [-0.05, 0) is 12.8 Å². The van der Waals surface area contributed by atoms with Crippen LogP contribution in [0.2, 0.25) is 0 Å². The van der Waals surface area contributed by atoms with Gasteiger partial charge in [0.2, 0.25) is 0 Å². The lowest BCUT2D eigenvalue weighted by Crippen LogP contribution is -2.40. The molecule has 1 N–H and O–H groups in total. The van der Waals surface area contributed by atoms with E-state index in [-0.39, 0.29) is 38.2 Å². The van der Waals surface area contributed by atoms with Crippen LogP contribution in [0.5, 0.6) is 0 Å². The molecule has 0 aromatic heterocycles. The molecule has 0 saturated heterocycles. The number of hydrogen-bond donors (Lipinski definition) is 1. The van der Waals surface area contributed by atoms with Crippen molar-refractivity contribution in [2.75, 3.05) is 47.5 Å². The summed E-state index contributed by atoms with van der Waals surface area (Å²) < 4.78 is 22.7. The van der Waals surface area contributed by atoms with Crippen molar-refractivity contribution in [2.45, 2.75) is 232 Å². The molecule has 0 saturated carbocycles. The molecule has 2 unspecified atom stereocenters. The van der Waals surface area contributed by atoms with E-state index >= 15 is 0 Å². The van der Waals surface area contributed by atoms with Crippen molar-refractivity contribution >= 4 is 17.9 Å². The van der Waals surface area contributed by atoms with E-state index in [0.29, 0.717) is 17.4 Å². The number of aliphatic carboxylic acids is 1. The molecule has 0 aliphatic heterocycles. The molecule has 0 radical (unpaired) electrons. The van der Waals surface area contributed by atoms with E-state index in [4.69, 9.17) is 18.9 Å². The average molecular weight is 785 g/mol. The maximum absolute atomic E-state index is 12.8. The van der Waals surface area contributed by atoms with Crippen molar-refractivity contribution in [3.05, 3.63) is 0 Å². The van der Waals surface area contributed by atoms with Gasteiger partial charge in [0.25, 0.3) is 6.29 Å². The van der Waals surface area contributed by atoms with Gasteiger partial charge in [0.15, 0.2) is 6.10 Å². The van der Waals surface area contributed by atoms with E-state index in [1.165, 1.54) is 154 Å². The third kappa shape index (κ3) is 40.3. The number of hydrogen-bond acceptors (Lipinski definition) is 7. The van der Waals surface area contributed by atoms with E-state index in [9.17, 15) is 19.5 Å². The first-order valence-corrected chi connectivity index (χ1v) is 23.2. The molecule has 0 heterocycles. The molecule has 9 nitrogen and oxygen atoms in total.